The lowest BCUT2D eigenvalue weighted by Gasteiger charge is -2.07. The summed E-state index contributed by atoms with van der Waals surface area (Å²) in [6.45, 7) is 0. The van der Waals surface area contributed by atoms with Gasteiger partial charge in [0.05, 0.1) is 12.7 Å². The van der Waals surface area contributed by atoms with Crippen LogP contribution in [0.2, 0.25) is 0 Å². The Morgan fingerprint density at radius 3 is 2.75 bits per heavy atom. The first kappa shape index (κ1) is 13.6. The Morgan fingerprint density at radius 1 is 1.15 bits per heavy atom. The molecule has 0 aliphatic rings. The molecule has 0 aliphatic heterocycles. The Balaban J connectivity index is 2.15. The van der Waals surface area contributed by atoms with Crippen molar-refractivity contribution in [2.45, 2.75) is 0 Å². The third-order valence-electron chi connectivity index (χ3n) is 3.13. The highest BCUT2D eigenvalue weighted by Gasteiger charge is 2.18. The van der Waals surface area contributed by atoms with Crippen LogP contribution in [0.25, 0.3) is 10.1 Å². The monoisotopic (exact) mass is 394 g/mol. The largest absolute Gasteiger partial charge is 0.496 e. The van der Waals surface area contributed by atoms with E-state index in [1.54, 1.807) is 18.4 Å². The maximum Gasteiger partial charge on any atom is 0.198 e. The van der Waals surface area contributed by atoms with Crippen molar-refractivity contribution in [3.63, 3.8) is 0 Å². The van der Waals surface area contributed by atoms with Gasteiger partial charge in [0.15, 0.2) is 5.78 Å². The van der Waals surface area contributed by atoms with Crippen LogP contribution in [0.1, 0.15) is 15.9 Å². The Labute approximate surface area is 134 Å². The van der Waals surface area contributed by atoms with Crippen LogP contribution >= 0.6 is 33.9 Å². The number of hydrogen-bond acceptors (Lipinski definition) is 3. The van der Waals surface area contributed by atoms with E-state index in [2.05, 4.69) is 22.6 Å². The van der Waals surface area contributed by atoms with E-state index in [-0.39, 0.29) is 5.78 Å². The minimum absolute atomic E-state index is 0.0119. The van der Waals surface area contributed by atoms with Crippen LogP contribution in [-0.4, -0.2) is 12.9 Å². The van der Waals surface area contributed by atoms with E-state index in [4.69, 9.17) is 4.74 Å². The number of carbonyl (C=O) groups excluding carboxylic acids is 1. The number of ether oxygens (including phenoxy) is 1. The van der Waals surface area contributed by atoms with Gasteiger partial charge in [-0.3, -0.25) is 4.79 Å². The van der Waals surface area contributed by atoms with Crippen molar-refractivity contribution in [3.8, 4) is 5.75 Å². The average molecular weight is 394 g/mol. The second kappa shape index (κ2) is 5.54. The zero-order chi connectivity index (χ0) is 14.1. The van der Waals surface area contributed by atoms with E-state index in [0.717, 1.165) is 19.2 Å². The lowest BCUT2D eigenvalue weighted by Crippen LogP contribution is -2.03. The van der Waals surface area contributed by atoms with Gasteiger partial charge >= 0.3 is 0 Å². The molecule has 0 N–H and O–H groups in total. The standard InChI is InChI=1S/C16H11IO2S/c1-19-14-7-6-10(17)8-12(14)16(18)13-9-20-15-5-3-2-4-11(13)15/h2-9H,1H3. The number of thiophene rings is 1. The summed E-state index contributed by atoms with van der Waals surface area (Å²) < 4.78 is 7.46. The average Bonchev–Trinajstić information content (AvgIpc) is 2.90. The zero-order valence-corrected chi connectivity index (χ0v) is 13.7. The number of methoxy groups -OCH3 is 1. The lowest BCUT2D eigenvalue weighted by molar-refractivity contribution is 0.103. The highest BCUT2D eigenvalue weighted by atomic mass is 127. The second-order valence-electron chi connectivity index (χ2n) is 4.32. The molecule has 2 aromatic carbocycles. The third kappa shape index (κ3) is 2.33. The second-order valence-corrected chi connectivity index (χ2v) is 6.48. The Morgan fingerprint density at radius 2 is 1.95 bits per heavy atom. The molecule has 0 saturated carbocycles. The van der Waals surface area contributed by atoms with E-state index < -0.39 is 0 Å². The summed E-state index contributed by atoms with van der Waals surface area (Å²) >= 11 is 3.79. The number of carbonyl (C=O) groups is 1. The summed E-state index contributed by atoms with van der Waals surface area (Å²) in [5, 5.41) is 2.93. The molecule has 4 heteroatoms. The predicted molar refractivity (Wildman–Crippen MR) is 91.0 cm³/mol. The highest BCUT2D eigenvalue weighted by Crippen LogP contribution is 2.30. The molecule has 0 spiro atoms. The SMILES string of the molecule is COc1ccc(I)cc1C(=O)c1csc2ccccc12. The van der Waals surface area contributed by atoms with Gasteiger partial charge in [-0.1, -0.05) is 18.2 Å². The minimum atomic E-state index is 0.0119. The molecule has 0 amide bonds. The van der Waals surface area contributed by atoms with Crippen molar-refractivity contribution < 1.29 is 9.53 Å². The molecule has 0 bridgehead atoms. The Kier molecular flexibility index (Phi) is 3.76. The molecule has 0 fully saturated rings. The van der Waals surface area contributed by atoms with Crippen LogP contribution in [0.15, 0.2) is 47.8 Å². The molecule has 0 aliphatic carbocycles. The molecule has 0 atom stereocenters. The van der Waals surface area contributed by atoms with Gasteiger partial charge in [0.2, 0.25) is 0 Å². The first-order valence-electron chi connectivity index (χ1n) is 6.05. The van der Waals surface area contributed by atoms with Gasteiger partial charge in [-0.15, -0.1) is 11.3 Å². The Hall–Kier alpha value is -1.40. The molecule has 0 radical (unpaired) electrons. The van der Waals surface area contributed by atoms with Crippen molar-refractivity contribution in [3.05, 3.63) is 62.5 Å². The molecule has 3 rings (SSSR count). The maximum atomic E-state index is 12.8. The van der Waals surface area contributed by atoms with Gasteiger partial charge in [0, 0.05) is 24.6 Å². The van der Waals surface area contributed by atoms with E-state index >= 15 is 0 Å². The van der Waals surface area contributed by atoms with Crippen LogP contribution in [0.4, 0.5) is 0 Å². The number of hydrogen-bond donors (Lipinski definition) is 0. The molecule has 100 valence electrons. The van der Waals surface area contributed by atoms with Crippen LogP contribution in [0.3, 0.4) is 0 Å². The molecule has 3 aromatic rings. The maximum absolute atomic E-state index is 12.8. The van der Waals surface area contributed by atoms with Crippen molar-refractivity contribution in [2.75, 3.05) is 7.11 Å². The fraction of sp³-hybridized carbons (Fsp3) is 0.0625. The van der Waals surface area contributed by atoms with E-state index in [1.165, 1.54) is 0 Å². The lowest BCUT2D eigenvalue weighted by atomic mass is 10.0. The molecular formula is C16H11IO2S. The summed E-state index contributed by atoms with van der Waals surface area (Å²) in [4.78, 5) is 12.8. The van der Waals surface area contributed by atoms with Crippen LogP contribution in [0.5, 0.6) is 5.75 Å². The minimum Gasteiger partial charge on any atom is -0.496 e. The molecule has 0 unspecified atom stereocenters. The van der Waals surface area contributed by atoms with Crippen molar-refractivity contribution in [1.82, 2.24) is 0 Å². The van der Waals surface area contributed by atoms with E-state index in [0.29, 0.717) is 11.3 Å². The topological polar surface area (TPSA) is 26.3 Å². The smallest absolute Gasteiger partial charge is 0.198 e. The summed E-state index contributed by atoms with van der Waals surface area (Å²) in [6.07, 6.45) is 0. The van der Waals surface area contributed by atoms with Crippen LogP contribution in [-0.2, 0) is 0 Å². The van der Waals surface area contributed by atoms with Gasteiger partial charge < -0.3 is 4.74 Å². The highest BCUT2D eigenvalue weighted by molar-refractivity contribution is 14.1. The normalized spacial score (nSPS) is 10.7. The molecule has 0 saturated heterocycles. The van der Waals surface area contributed by atoms with Crippen molar-refractivity contribution in [1.29, 1.82) is 0 Å². The van der Waals surface area contributed by atoms with Gasteiger partial charge in [-0.25, -0.2) is 0 Å². The molecule has 1 heterocycles. The Bertz CT molecular complexity index is 792. The van der Waals surface area contributed by atoms with Crippen LogP contribution in [0, 0.1) is 3.57 Å². The number of fused-ring (bicyclic) bond motifs is 1. The van der Waals surface area contributed by atoms with Gasteiger partial charge in [0.25, 0.3) is 0 Å². The first-order chi connectivity index (χ1) is 9.70. The van der Waals surface area contributed by atoms with E-state index in [9.17, 15) is 4.79 Å². The van der Waals surface area contributed by atoms with E-state index in [1.807, 2.05) is 47.8 Å². The van der Waals surface area contributed by atoms with Gasteiger partial charge in [0.1, 0.15) is 5.75 Å². The molecule has 1 aromatic heterocycles. The van der Waals surface area contributed by atoms with Gasteiger partial charge in [-0.05, 0) is 46.9 Å². The van der Waals surface area contributed by atoms with Crippen LogP contribution < -0.4 is 4.74 Å². The number of ketones is 1. The fourth-order valence-electron chi connectivity index (χ4n) is 2.16. The number of halogens is 1. The zero-order valence-electron chi connectivity index (χ0n) is 10.7. The first-order valence-corrected chi connectivity index (χ1v) is 8.01. The summed E-state index contributed by atoms with van der Waals surface area (Å²) in [5.74, 6) is 0.628. The quantitative estimate of drug-likeness (QED) is 0.474. The van der Waals surface area contributed by atoms with Crippen molar-refractivity contribution in [2.24, 2.45) is 0 Å². The van der Waals surface area contributed by atoms with Gasteiger partial charge in [-0.2, -0.15) is 0 Å². The molecule has 20 heavy (non-hydrogen) atoms. The summed E-state index contributed by atoms with van der Waals surface area (Å²) in [7, 11) is 1.59. The third-order valence-corrected chi connectivity index (χ3v) is 4.77. The fourth-order valence-corrected chi connectivity index (χ4v) is 3.59. The predicted octanol–water partition coefficient (Wildman–Crippen LogP) is 4.75. The number of rotatable bonds is 3. The number of benzene rings is 2. The summed E-state index contributed by atoms with van der Waals surface area (Å²) in [6, 6.07) is 13.6. The van der Waals surface area contributed by atoms with Crippen molar-refractivity contribution >= 4 is 49.8 Å². The molecular weight excluding hydrogens is 383 g/mol. The molecule has 2 nitrogen and oxygen atoms in total. The summed E-state index contributed by atoms with van der Waals surface area (Å²) in [5.41, 5.74) is 1.36.